The van der Waals surface area contributed by atoms with Gasteiger partial charge < -0.3 is 0 Å². The highest BCUT2D eigenvalue weighted by Gasteiger charge is 2.14. The van der Waals surface area contributed by atoms with Crippen molar-refractivity contribution in [3.05, 3.63) is 47.2 Å². The van der Waals surface area contributed by atoms with Crippen LogP contribution in [0, 0.1) is 0 Å². The fourth-order valence-corrected chi connectivity index (χ4v) is 4.87. The molecule has 0 saturated carbocycles. The van der Waals surface area contributed by atoms with Crippen LogP contribution in [0.1, 0.15) is 24.8 Å². The molecular weight excluding hydrogens is 196 g/mol. The second-order valence-corrected chi connectivity index (χ2v) is 7.74. The maximum Gasteiger partial charge on any atom is 0.0622 e. The lowest BCUT2D eigenvalue weighted by atomic mass is 10.1. The molecule has 1 saturated heterocycles. The molecule has 1 aliphatic rings. The third kappa shape index (κ3) is 3.06. The second-order valence-electron chi connectivity index (χ2n) is 4.62. The minimum atomic E-state index is -0.490. The molecule has 0 bridgehead atoms. The van der Waals surface area contributed by atoms with E-state index in [4.69, 9.17) is 0 Å². The molecule has 0 radical (unpaired) electrons. The van der Waals surface area contributed by atoms with E-state index >= 15 is 0 Å². The van der Waals surface area contributed by atoms with E-state index in [0.717, 1.165) is 6.42 Å². The van der Waals surface area contributed by atoms with Gasteiger partial charge in [0.2, 0.25) is 0 Å². The first-order valence-corrected chi connectivity index (χ1v) is 8.64. The van der Waals surface area contributed by atoms with E-state index in [-0.39, 0.29) is 0 Å². The Morgan fingerprint density at radius 3 is 2.73 bits per heavy atom. The number of hydrogen-bond acceptors (Lipinski definition) is 0. The van der Waals surface area contributed by atoms with Crippen molar-refractivity contribution in [3.8, 4) is 0 Å². The number of hydrogen-bond donors (Lipinski definition) is 0. The molecule has 0 aliphatic carbocycles. The van der Waals surface area contributed by atoms with Crippen LogP contribution in [-0.4, -0.2) is 8.80 Å². The highest BCUT2D eigenvalue weighted by molar-refractivity contribution is 6.65. The topological polar surface area (TPSA) is 0 Å². The van der Waals surface area contributed by atoms with Crippen molar-refractivity contribution in [2.75, 3.05) is 0 Å². The van der Waals surface area contributed by atoms with Crippen LogP contribution in [0.2, 0.25) is 12.6 Å². The van der Waals surface area contributed by atoms with Gasteiger partial charge in [-0.1, -0.05) is 67.0 Å². The Hall–Kier alpha value is -0.823. The minimum Gasteiger partial charge on any atom is -0.0879 e. The van der Waals surface area contributed by atoms with Crippen molar-refractivity contribution >= 4 is 8.80 Å². The highest BCUT2D eigenvalue weighted by atomic mass is 28.3. The Morgan fingerprint density at radius 1 is 1.20 bits per heavy atom. The summed E-state index contributed by atoms with van der Waals surface area (Å²) in [6, 6.07) is 12.3. The molecular formula is C14H20Si. The van der Waals surface area contributed by atoms with Gasteiger partial charge >= 0.3 is 0 Å². The Bertz CT molecular complexity index is 326. The van der Waals surface area contributed by atoms with Crippen molar-refractivity contribution in [1.29, 1.82) is 0 Å². The zero-order valence-electron chi connectivity index (χ0n) is 9.58. The Balaban J connectivity index is 1.98. The first kappa shape index (κ1) is 10.7. The first-order valence-electron chi connectivity index (χ1n) is 6.09. The van der Waals surface area contributed by atoms with E-state index in [2.05, 4.69) is 43.0 Å². The average Bonchev–Trinajstić information content (AvgIpc) is 2.29. The van der Waals surface area contributed by atoms with Gasteiger partial charge in [0.05, 0.1) is 8.80 Å². The lowest BCUT2D eigenvalue weighted by Crippen LogP contribution is -2.16. The largest absolute Gasteiger partial charge is 0.0879 e. The van der Waals surface area contributed by atoms with Crippen LogP contribution in [-0.2, 0) is 6.42 Å². The molecule has 0 amide bonds. The molecule has 0 aromatic heterocycles. The molecule has 1 aromatic carbocycles. The fraction of sp³-hybridized carbons (Fsp3) is 0.429. The van der Waals surface area contributed by atoms with Crippen LogP contribution < -0.4 is 0 Å². The molecule has 2 rings (SSSR count). The quantitative estimate of drug-likeness (QED) is 0.661. The molecule has 80 valence electrons. The van der Waals surface area contributed by atoms with Crippen molar-refractivity contribution in [1.82, 2.24) is 0 Å². The van der Waals surface area contributed by atoms with Crippen LogP contribution in [0.25, 0.3) is 0 Å². The summed E-state index contributed by atoms with van der Waals surface area (Å²) in [5.74, 6) is 0. The molecule has 1 heteroatoms. The van der Waals surface area contributed by atoms with Crippen LogP contribution in [0.4, 0.5) is 0 Å². The molecule has 1 aromatic rings. The molecule has 0 N–H and O–H groups in total. The third-order valence-electron chi connectivity index (χ3n) is 3.43. The summed E-state index contributed by atoms with van der Waals surface area (Å²) >= 11 is 0. The second kappa shape index (κ2) is 5.31. The number of allylic oxidation sites excluding steroid dienone is 2. The predicted octanol–water partition coefficient (Wildman–Crippen LogP) is 3.74. The van der Waals surface area contributed by atoms with Crippen molar-refractivity contribution in [2.24, 2.45) is 0 Å². The van der Waals surface area contributed by atoms with Gasteiger partial charge in [-0.25, -0.2) is 0 Å². The maximum atomic E-state index is 2.52. The molecule has 1 fully saturated rings. The summed E-state index contributed by atoms with van der Waals surface area (Å²) in [5, 5.41) is 1.82. The molecule has 1 unspecified atom stereocenters. The van der Waals surface area contributed by atoms with Crippen LogP contribution in [0.5, 0.6) is 0 Å². The fourth-order valence-electron chi connectivity index (χ4n) is 2.38. The lowest BCUT2D eigenvalue weighted by Gasteiger charge is -2.20. The molecule has 0 nitrogen and oxygen atoms in total. The zero-order chi connectivity index (χ0) is 10.5. The minimum absolute atomic E-state index is 0.490. The first-order chi connectivity index (χ1) is 7.36. The van der Waals surface area contributed by atoms with Gasteiger partial charge in [-0.2, -0.15) is 0 Å². The van der Waals surface area contributed by atoms with E-state index in [0.29, 0.717) is 0 Å². The monoisotopic (exact) mass is 216 g/mol. The number of rotatable bonds is 2. The molecule has 1 heterocycles. The molecule has 0 spiro atoms. The van der Waals surface area contributed by atoms with E-state index in [1.807, 2.05) is 5.20 Å². The van der Waals surface area contributed by atoms with Crippen molar-refractivity contribution in [3.63, 3.8) is 0 Å². The van der Waals surface area contributed by atoms with E-state index in [1.54, 1.807) is 0 Å². The van der Waals surface area contributed by atoms with Gasteiger partial charge in [-0.15, -0.1) is 0 Å². The maximum absolute atomic E-state index is 2.52. The van der Waals surface area contributed by atoms with Crippen LogP contribution in [0.15, 0.2) is 41.6 Å². The summed E-state index contributed by atoms with van der Waals surface area (Å²) in [5.41, 5.74) is 1.46. The van der Waals surface area contributed by atoms with Gasteiger partial charge in [0.1, 0.15) is 0 Å². The lowest BCUT2D eigenvalue weighted by molar-refractivity contribution is 0.768. The molecule has 1 aliphatic heterocycles. The third-order valence-corrected chi connectivity index (χ3v) is 6.49. The van der Waals surface area contributed by atoms with Gasteiger partial charge in [-0.05, 0) is 18.4 Å². The Kier molecular flexibility index (Phi) is 3.79. The summed E-state index contributed by atoms with van der Waals surface area (Å²) < 4.78 is 0. The van der Waals surface area contributed by atoms with Gasteiger partial charge in [0, 0.05) is 0 Å². The van der Waals surface area contributed by atoms with Crippen molar-refractivity contribution < 1.29 is 0 Å². The smallest absolute Gasteiger partial charge is 0.0622 e. The molecule has 1 atom stereocenters. The standard InChI is InChI=1S/C14H20Si/c1-15-12-6-5-9-14(15)11-10-13-7-3-2-4-8-13/h2-4,7-8,11,15H,5-6,9-10,12H2,1H3. The average molecular weight is 216 g/mol. The van der Waals surface area contributed by atoms with Gasteiger partial charge in [0.15, 0.2) is 0 Å². The summed E-state index contributed by atoms with van der Waals surface area (Å²) in [4.78, 5) is 0. The Morgan fingerprint density at radius 2 is 2.00 bits per heavy atom. The normalized spacial score (nSPS) is 24.3. The van der Waals surface area contributed by atoms with Crippen LogP contribution >= 0.6 is 0 Å². The van der Waals surface area contributed by atoms with E-state index in [1.165, 1.54) is 30.9 Å². The SMILES string of the molecule is C[SiH]1CCCCC1=CCc1ccccc1. The van der Waals surface area contributed by atoms with Crippen molar-refractivity contribution in [2.45, 2.75) is 38.3 Å². The molecule has 15 heavy (non-hydrogen) atoms. The van der Waals surface area contributed by atoms with Gasteiger partial charge in [0.25, 0.3) is 0 Å². The summed E-state index contributed by atoms with van der Waals surface area (Å²) in [6.07, 6.45) is 7.97. The zero-order valence-corrected chi connectivity index (χ0v) is 10.7. The van der Waals surface area contributed by atoms with E-state index < -0.39 is 8.80 Å². The Labute approximate surface area is 94.6 Å². The van der Waals surface area contributed by atoms with Gasteiger partial charge in [-0.3, -0.25) is 0 Å². The number of benzene rings is 1. The van der Waals surface area contributed by atoms with Crippen LogP contribution in [0.3, 0.4) is 0 Å². The predicted molar refractivity (Wildman–Crippen MR) is 69.9 cm³/mol. The summed E-state index contributed by atoms with van der Waals surface area (Å²) in [6.45, 7) is 2.51. The summed E-state index contributed by atoms with van der Waals surface area (Å²) in [7, 11) is -0.490. The van der Waals surface area contributed by atoms with E-state index in [9.17, 15) is 0 Å². The highest BCUT2D eigenvalue weighted by Crippen LogP contribution is 2.23.